The largest absolute Gasteiger partial charge is 0.0801 e. The molecule has 0 fully saturated rings. The lowest BCUT2D eigenvalue weighted by Gasteiger charge is -2.32. The maximum Gasteiger partial charge on any atom is 0.0558 e. The minimum Gasteiger partial charge on any atom is -0.0801 e. The number of benzene rings is 1. The number of allylic oxidation sites excluding steroid dienone is 4. The first-order valence-corrected chi connectivity index (χ1v) is 11.2. The van der Waals surface area contributed by atoms with E-state index < -0.39 is 8.07 Å². The van der Waals surface area contributed by atoms with Gasteiger partial charge in [0.05, 0.1) is 8.07 Å². The molecule has 2 rings (SSSR count). The second-order valence-corrected chi connectivity index (χ2v) is 13.5. The summed E-state index contributed by atoms with van der Waals surface area (Å²) in [7, 11) is -1.14. The van der Waals surface area contributed by atoms with Crippen molar-refractivity contribution >= 4 is 8.07 Å². The molecule has 0 saturated carbocycles. The number of hydrogen-bond acceptors (Lipinski definition) is 0. The normalized spacial score (nSPS) is 20.9. The molecule has 0 nitrogen and oxygen atoms in total. The summed E-state index contributed by atoms with van der Waals surface area (Å²) in [4.78, 5) is 0. The fraction of sp³-hybridized carbons (Fsp3) is 0.474. The van der Waals surface area contributed by atoms with Crippen LogP contribution in [0.5, 0.6) is 0 Å². The van der Waals surface area contributed by atoms with Crippen LogP contribution >= 0.6 is 0 Å². The molecule has 1 aromatic rings. The number of hydrogen-bond donors (Lipinski definition) is 0. The topological polar surface area (TPSA) is 0 Å². The SMILES string of the molecule is CC(C)(C)C(C1=CC([Si](C)(C)C)C=C1)c1ccccc1. The Kier molecular flexibility index (Phi) is 4.11. The van der Waals surface area contributed by atoms with Crippen LogP contribution in [0, 0.1) is 5.41 Å². The zero-order valence-corrected chi connectivity index (χ0v) is 14.8. The van der Waals surface area contributed by atoms with Crippen molar-refractivity contribution in [2.45, 2.75) is 51.9 Å². The first kappa shape index (κ1) is 15.3. The molecule has 20 heavy (non-hydrogen) atoms. The van der Waals surface area contributed by atoms with Gasteiger partial charge in [-0.05, 0) is 22.1 Å². The summed E-state index contributed by atoms with van der Waals surface area (Å²) in [6.45, 7) is 14.4. The molecule has 0 saturated heterocycles. The zero-order valence-electron chi connectivity index (χ0n) is 13.8. The van der Waals surface area contributed by atoms with Gasteiger partial charge < -0.3 is 0 Å². The van der Waals surface area contributed by atoms with E-state index in [4.69, 9.17) is 0 Å². The predicted molar refractivity (Wildman–Crippen MR) is 93.0 cm³/mol. The molecular weight excluding hydrogens is 256 g/mol. The van der Waals surface area contributed by atoms with Gasteiger partial charge in [0.2, 0.25) is 0 Å². The van der Waals surface area contributed by atoms with E-state index in [1.807, 2.05) is 0 Å². The minimum absolute atomic E-state index is 0.242. The quantitative estimate of drug-likeness (QED) is 0.595. The van der Waals surface area contributed by atoms with Crippen LogP contribution in [-0.4, -0.2) is 8.07 Å². The van der Waals surface area contributed by atoms with Crippen LogP contribution in [0.2, 0.25) is 25.2 Å². The molecule has 2 atom stereocenters. The van der Waals surface area contributed by atoms with E-state index in [0.29, 0.717) is 11.5 Å². The van der Waals surface area contributed by atoms with Crippen molar-refractivity contribution in [3.05, 3.63) is 59.7 Å². The van der Waals surface area contributed by atoms with E-state index in [0.717, 1.165) is 0 Å². The van der Waals surface area contributed by atoms with Crippen LogP contribution in [0.1, 0.15) is 32.3 Å². The third-order valence-electron chi connectivity index (χ3n) is 4.20. The molecule has 0 spiro atoms. The van der Waals surface area contributed by atoms with Crippen molar-refractivity contribution in [3.63, 3.8) is 0 Å². The van der Waals surface area contributed by atoms with Crippen LogP contribution in [-0.2, 0) is 0 Å². The molecule has 0 bridgehead atoms. The smallest absolute Gasteiger partial charge is 0.0558 e. The van der Waals surface area contributed by atoms with E-state index in [1.54, 1.807) is 0 Å². The highest BCUT2D eigenvalue weighted by molar-refractivity contribution is 6.78. The molecule has 0 aromatic heterocycles. The summed E-state index contributed by atoms with van der Waals surface area (Å²) in [6.07, 6.45) is 7.35. The van der Waals surface area contributed by atoms with E-state index in [1.165, 1.54) is 11.1 Å². The van der Waals surface area contributed by atoms with Gasteiger partial charge in [-0.3, -0.25) is 0 Å². The highest BCUT2D eigenvalue weighted by Gasteiger charge is 2.33. The summed E-state index contributed by atoms with van der Waals surface area (Å²) in [5.74, 6) is 0.487. The Morgan fingerprint density at radius 3 is 2.05 bits per heavy atom. The molecule has 0 aliphatic heterocycles. The number of rotatable bonds is 3. The lowest BCUT2D eigenvalue weighted by Crippen LogP contribution is -2.25. The van der Waals surface area contributed by atoms with E-state index in [-0.39, 0.29) is 5.41 Å². The van der Waals surface area contributed by atoms with Crippen molar-refractivity contribution in [1.29, 1.82) is 0 Å². The van der Waals surface area contributed by atoms with Crippen molar-refractivity contribution < 1.29 is 0 Å². The van der Waals surface area contributed by atoms with Crippen molar-refractivity contribution in [2.24, 2.45) is 5.41 Å². The molecule has 0 N–H and O–H groups in total. The lowest BCUT2D eigenvalue weighted by molar-refractivity contribution is 0.358. The van der Waals surface area contributed by atoms with Crippen molar-refractivity contribution in [3.8, 4) is 0 Å². The Morgan fingerprint density at radius 2 is 1.60 bits per heavy atom. The average molecular weight is 285 g/mol. The third kappa shape index (κ3) is 3.32. The summed E-state index contributed by atoms with van der Waals surface area (Å²) in [5.41, 5.74) is 3.88. The standard InChI is InChI=1S/C19H28Si/c1-19(2,3)18(15-10-8-7-9-11-15)16-12-13-17(14-16)20(4,5)6/h7-14,17-18H,1-6H3. The van der Waals surface area contributed by atoms with Gasteiger partial charge in [0.25, 0.3) is 0 Å². The molecule has 2 unspecified atom stereocenters. The van der Waals surface area contributed by atoms with Crippen LogP contribution in [0.15, 0.2) is 54.1 Å². The zero-order chi connectivity index (χ0) is 15.0. The summed E-state index contributed by atoms with van der Waals surface area (Å²) >= 11 is 0. The fourth-order valence-corrected chi connectivity index (χ4v) is 4.47. The lowest BCUT2D eigenvalue weighted by atomic mass is 9.72. The molecule has 1 aromatic carbocycles. The van der Waals surface area contributed by atoms with Crippen molar-refractivity contribution in [2.75, 3.05) is 0 Å². The second-order valence-electron chi connectivity index (χ2n) is 8.13. The van der Waals surface area contributed by atoms with Gasteiger partial charge in [0.15, 0.2) is 0 Å². The molecule has 1 aliphatic rings. The van der Waals surface area contributed by atoms with Gasteiger partial charge in [0.1, 0.15) is 0 Å². The van der Waals surface area contributed by atoms with E-state index >= 15 is 0 Å². The maximum atomic E-state index is 2.54. The second kappa shape index (κ2) is 5.36. The molecule has 1 heteroatoms. The molecule has 0 heterocycles. The van der Waals surface area contributed by atoms with Gasteiger partial charge in [-0.2, -0.15) is 0 Å². The van der Waals surface area contributed by atoms with Crippen LogP contribution in [0.4, 0.5) is 0 Å². The van der Waals surface area contributed by atoms with Crippen LogP contribution in [0.3, 0.4) is 0 Å². The Hall–Kier alpha value is -1.08. The monoisotopic (exact) mass is 284 g/mol. The fourth-order valence-electron chi connectivity index (χ4n) is 3.10. The van der Waals surface area contributed by atoms with E-state index in [2.05, 4.69) is 89.0 Å². The molecular formula is C19H28Si. The molecule has 108 valence electrons. The Morgan fingerprint density at radius 1 is 1.00 bits per heavy atom. The van der Waals surface area contributed by atoms with E-state index in [9.17, 15) is 0 Å². The van der Waals surface area contributed by atoms with Gasteiger partial charge >= 0.3 is 0 Å². The van der Waals surface area contributed by atoms with Crippen LogP contribution in [0.25, 0.3) is 0 Å². The third-order valence-corrected chi connectivity index (χ3v) is 6.56. The minimum atomic E-state index is -1.14. The van der Waals surface area contributed by atoms with Gasteiger partial charge in [-0.25, -0.2) is 0 Å². The Bertz CT molecular complexity index is 509. The van der Waals surface area contributed by atoms with Crippen molar-refractivity contribution in [1.82, 2.24) is 0 Å². The Balaban J connectivity index is 2.39. The van der Waals surface area contributed by atoms with Gasteiger partial charge in [0, 0.05) is 5.92 Å². The summed E-state index contributed by atoms with van der Waals surface area (Å²) < 4.78 is 0. The highest BCUT2D eigenvalue weighted by atomic mass is 28.3. The van der Waals surface area contributed by atoms with Crippen LogP contribution < -0.4 is 0 Å². The van der Waals surface area contributed by atoms with Gasteiger partial charge in [-0.1, -0.05) is 89.0 Å². The Labute approximate surface area is 125 Å². The summed E-state index contributed by atoms with van der Waals surface area (Å²) in [5, 5.41) is 0. The first-order valence-electron chi connectivity index (χ1n) is 7.64. The molecule has 0 radical (unpaired) electrons. The maximum absolute atomic E-state index is 2.54. The van der Waals surface area contributed by atoms with Gasteiger partial charge in [-0.15, -0.1) is 0 Å². The highest BCUT2D eigenvalue weighted by Crippen LogP contribution is 2.45. The predicted octanol–water partition coefficient (Wildman–Crippen LogP) is 6.02. The molecule has 1 aliphatic carbocycles. The molecule has 0 amide bonds. The first-order chi connectivity index (χ1) is 9.19. The summed E-state index contributed by atoms with van der Waals surface area (Å²) in [6, 6.07) is 11.0. The average Bonchev–Trinajstić information content (AvgIpc) is 2.77.